The van der Waals surface area contributed by atoms with E-state index in [2.05, 4.69) is 34.3 Å². The molecule has 4 heteroatoms. The van der Waals surface area contributed by atoms with E-state index in [4.69, 9.17) is 0 Å². The predicted octanol–water partition coefficient (Wildman–Crippen LogP) is 3.63. The van der Waals surface area contributed by atoms with Gasteiger partial charge in [0.05, 0.1) is 18.0 Å². The number of aromatic amines is 1. The van der Waals surface area contributed by atoms with Crippen molar-refractivity contribution in [3.05, 3.63) is 78.0 Å². The first-order valence-electron chi connectivity index (χ1n) is 8.23. The number of hydrogen-bond acceptors (Lipinski definition) is 3. The standard InChI is InChI=1S/C20H23N3O/c1-23(13-12-19(24)16-8-4-2-5-9-16)15-18-14-21-22-20(18)17-10-6-3-7-11-17/h2-11,14,19,24H,12-13,15H2,1H3,(H,21,22)/t19-/m1/s1. The van der Waals surface area contributed by atoms with E-state index in [1.54, 1.807) is 0 Å². The van der Waals surface area contributed by atoms with Gasteiger partial charge in [0.15, 0.2) is 0 Å². The second-order valence-electron chi connectivity index (χ2n) is 6.09. The lowest BCUT2D eigenvalue weighted by atomic mass is 10.1. The van der Waals surface area contributed by atoms with Crippen LogP contribution < -0.4 is 0 Å². The van der Waals surface area contributed by atoms with Gasteiger partial charge in [-0.05, 0) is 24.6 Å². The van der Waals surface area contributed by atoms with E-state index in [-0.39, 0.29) is 0 Å². The number of aliphatic hydroxyl groups is 1. The molecule has 0 bridgehead atoms. The molecule has 2 N–H and O–H groups in total. The molecule has 4 nitrogen and oxygen atoms in total. The SMILES string of the molecule is CN(CC[C@@H](O)c1ccccc1)Cc1cn[nH]c1-c1ccccc1. The molecule has 0 saturated carbocycles. The minimum Gasteiger partial charge on any atom is -0.388 e. The predicted molar refractivity (Wildman–Crippen MR) is 96.4 cm³/mol. The van der Waals surface area contributed by atoms with Gasteiger partial charge in [0, 0.05) is 18.7 Å². The molecule has 3 rings (SSSR count). The van der Waals surface area contributed by atoms with Crippen LogP contribution >= 0.6 is 0 Å². The van der Waals surface area contributed by atoms with Crippen molar-refractivity contribution < 1.29 is 5.11 Å². The summed E-state index contributed by atoms with van der Waals surface area (Å²) in [7, 11) is 2.07. The molecule has 1 aromatic heterocycles. The molecule has 0 aliphatic heterocycles. The lowest BCUT2D eigenvalue weighted by molar-refractivity contribution is 0.147. The maximum absolute atomic E-state index is 10.3. The van der Waals surface area contributed by atoms with Gasteiger partial charge in [0.25, 0.3) is 0 Å². The third kappa shape index (κ3) is 4.10. The maximum atomic E-state index is 10.3. The Bertz CT molecular complexity index is 740. The van der Waals surface area contributed by atoms with Crippen molar-refractivity contribution >= 4 is 0 Å². The summed E-state index contributed by atoms with van der Waals surface area (Å²) in [6.45, 7) is 1.61. The molecule has 0 amide bonds. The second-order valence-corrected chi connectivity index (χ2v) is 6.09. The summed E-state index contributed by atoms with van der Waals surface area (Å²) in [5.41, 5.74) is 4.34. The van der Waals surface area contributed by atoms with Gasteiger partial charge in [-0.1, -0.05) is 60.7 Å². The van der Waals surface area contributed by atoms with Crippen molar-refractivity contribution in [2.24, 2.45) is 0 Å². The monoisotopic (exact) mass is 321 g/mol. The van der Waals surface area contributed by atoms with Gasteiger partial charge in [-0.3, -0.25) is 5.10 Å². The summed E-state index contributed by atoms with van der Waals surface area (Å²) < 4.78 is 0. The Morgan fingerprint density at radius 2 is 1.71 bits per heavy atom. The lowest BCUT2D eigenvalue weighted by Gasteiger charge is -2.19. The fourth-order valence-corrected chi connectivity index (χ4v) is 2.84. The van der Waals surface area contributed by atoms with Crippen LogP contribution in [-0.4, -0.2) is 33.8 Å². The molecular weight excluding hydrogens is 298 g/mol. The molecule has 0 radical (unpaired) electrons. The number of nitrogens with one attached hydrogen (secondary N) is 1. The Hall–Kier alpha value is -2.43. The summed E-state index contributed by atoms with van der Waals surface area (Å²) in [6, 6.07) is 20.0. The third-order valence-corrected chi connectivity index (χ3v) is 4.19. The molecule has 0 unspecified atom stereocenters. The molecule has 24 heavy (non-hydrogen) atoms. The molecule has 0 spiro atoms. The number of aliphatic hydroxyl groups excluding tert-OH is 1. The smallest absolute Gasteiger partial charge is 0.0802 e. The average molecular weight is 321 g/mol. The molecule has 0 saturated heterocycles. The second kappa shape index (κ2) is 7.90. The third-order valence-electron chi connectivity index (χ3n) is 4.19. The highest BCUT2D eigenvalue weighted by molar-refractivity contribution is 5.62. The van der Waals surface area contributed by atoms with Crippen molar-refractivity contribution in [3.8, 4) is 11.3 Å². The van der Waals surface area contributed by atoms with Crippen molar-refractivity contribution in [3.63, 3.8) is 0 Å². The fraction of sp³-hybridized carbons (Fsp3) is 0.250. The zero-order valence-electron chi connectivity index (χ0n) is 13.9. The van der Waals surface area contributed by atoms with Crippen LogP contribution in [0.25, 0.3) is 11.3 Å². The van der Waals surface area contributed by atoms with Crippen LogP contribution in [0.4, 0.5) is 0 Å². The molecule has 1 atom stereocenters. The van der Waals surface area contributed by atoms with E-state index in [1.807, 2.05) is 54.7 Å². The highest BCUT2D eigenvalue weighted by atomic mass is 16.3. The van der Waals surface area contributed by atoms with E-state index < -0.39 is 6.10 Å². The average Bonchev–Trinajstić information content (AvgIpc) is 3.09. The molecule has 3 aromatic rings. The van der Waals surface area contributed by atoms with E-state index in [9.17, 15) is 5.11 Å². The van der Waals surface area contributed by atoms with Gasteiger partial charge in [-0.2, -0.15) is 5.10 Å². The van der Waals surface area contributed by atoms with Crippen LogP contribution in [0.5, 0.6) is 0 Å². The number of aromatic nitrogens is 2. The van der Waals surface area contributed by atoms with E-state index in [1.165, 1.54) is 0 Å². The van der Waals surface area contributed by atoms with Crippen LogP contribution in [0.1, 0.15) is 23.7 Å². The molecular formula is C20H23N3O. The number of nitrogens with zero attached hydrogens (tertiary/aromatic N) is 2. The van der Waals surface area contributed by atoms with Gasteiger partial charge < -0.3 is 10.0 Å². The molecule has 0 aliphatic carbocycles. The minimum atomic E-state index is -0.424. The quantitative estimate of drug-likeness (QED) is 0.698. The molecule has 124 valence electrons. The Labute approximate surface area is 142 Å². The summed E-state index contributed by atoms with van der Waals surface area (Å²) in [5.74, 6) is 0. The highest BCUT2D eigenvalue weighted by Gasteiger charge is 2.12. The van der Waals surface area contributed by atoms with E-state index >= 15 is 0 Å². The topological polar surface area (TPSA) is 52.1 Å². The van der Waals surface area contributed by atoms with Gasteiger partial charge in [0.2, 0.25) is 0 Å². The first kappa shape index (κ1) is 16.4. The van der Waals surface area contributed by atoms with Crippen molar-refractivity contribution in [2.75, 3.05) is 13.6 Å². The Morgan fingerprint density at radius 1 is 1.04 bits per heavy atom. The van der Waals surface area contributed by atoms with Crippen LogP contribution in [0.3, 0.4) is 0 Å². The first-order chi connectivity index (χ1) is 11.7. The van der Waals surface area contributed by atoms with Gasteiger partial charge in [-0.15, -0.1) is 0 Å². The Morgan fingerprint density at radius 3 is 2.42 bits per heavy atom. The largest absolute Gasteiger partial charge is 0.388 e. The van der Waals surface area contributed by atoms with Gasteiger partial charge in [-0.25, -0.2) is 0 Å². The van der Waals surface area contributed by atoms with Crippen LogP contribution in [0.2, 0.25) is 0 Å². The minimum absolute atomic E-state index is 0.424. The molecule has 2 aromatic carbocycles. The Kier molecular flexibility index (Phi) is 5.41. The summed E-state index contributed by atoms with van der Waals surface area (Å²) >= 11 is 0. The number of hydrogen-bond donors (Lipinski definition) is 2. The summed E-state index contributed by atoms with van der Waals surface area (Å²) in [5, 5.41) is 17.6. The molecule has 0 aliphatic rings. The van der Waals surface area contributed by atoms with E-state index in [0.29, 0.717) is 6.42 Å². The van der Waals surface area contributed by atoms with Gasteiger partial charge in [0.1, 0.15) is 0 Å². The van der Waals surface area contributed by atoms with Crippen LogP contribution in [-0.2, 0) is 6.54 Å². The van der Waals surface area contributed by atoms with Gasteiger partial charge >= 0.3 is 0 Å². The maximum Gasteiger partial charge on any atom is 0.0802 e. The number of H-pyrrole nitrogens is 1. The van der Waals surface area contributed by atoms with E-state index in [0.717, 1.165) is 35.5 Å². The fourth-order valence-electron chi connectivity index (χ4n) is 2.84. The molecule has 1 heterocycles. The van der Waals surface area contributed by atoms with Crippen molar-refractivity contribution in [1.29, 1.82) is 0 Å². The number of rotatable bonds is 7. The number of benzene rings is 2. The summed E-state index contributed by atoms with van der Waals surface area (Å²) in [6.07, 6.45) is 2.16. The normalized spacial score (nSPS) is 12.5. The lowest BCUT2D eigenvalue weighted by Crippen LogP contribution is -2.21. The van der Waals surface area contributed by atoms with Crippen LogP contribution in [0.15, 0.2) is 66.9 Å². The zero-order chi connectivity index (χ0) is 16.8. The van der Waals surface area contributed by atoms with Crippen LogP contribution in [0, 0.1) is 0 Å². The molecule has 0 fully saturated rings. The van der Waals surface area contributed by atoms with Crippen molar-refractivity contribution in [2.45, 2.75) is 19.1 Å². The first-order valence-corrected chi connectivity index (χ1v) is 8.23. The van der Waals surface area contributed by atoms with Crippen molar-refractivity contribution in [1.82, 2.24) is 15.1 Å². The zero-order valence-corrected chi connectivity index (χ0v) is 13.9. The summed E-state index contributed by atoms with van der Waals surface area (Å²) in [4.78, 5) is 2.21. The Balaban J connectivity index is 1.58. The highest BCUT2D eigenvalue weighted by Crippen LogP contribution is 2.22.